The highest BCUT2D eigenvalue weighted by molar-refractivity contribution is 5.26. The van der Waals surface area contributed by atoms with E-state index in [1.807, 2.05) is 0 Å². The predicted molar refractivity (Wildman–Crippen MR) is 62.5 cm³/mol. The van der Waals surface area contributed by atoms with Gasteiger partial charge in [-0.05, 0) is 36.4 Å². The zero-order chi connectivity index (χ0) is 10.4. The van der Waals surface area contributed by atoms with Gasteiger partial charge >= 0.3 is 0 Å². The van der Waals surface area contributed by atoms with Gasteiger partial charge in [-0.25, -0.2) is 0 Å². The van der Waals surface area contributed by atoms with E-state index in [1.54, 1.807) is 0 Å². The lowest BCUT2D eigenvalue weighted by molar-refractivity contribution is 0.688. The first-order valence-electron chi connectivity index (χ1n) is 5.56. The van der Waals surface area contributed by atoms with Crippen LogP contribution in [0.1, 0.15) is 43.7 Å². The summed E-state index contributed by atoms with van der Waals surface area (Å²) in [5.74, 6) is 0.594. The largest absolute Gasteiger partial charge is 0.330 e. The average molecular weight is 191 g/mol. The predicted octanol–water partition coefficient (Wildman–Crippen LogP) is 3.09. The number of hydrogen-bond donors (Lipinski definition) is 1. The van der Waals surface area contributed by atoms with Crippen molar-refractivity contribution in [1.82, 2.24) is 0 Å². The van der Waals surface area contributed by atoms with Gasteiger partial charge in [0.2, 0.25) is 0 Å². The van der Waals surface area contributed by atoms with E-state index in [-0.39, 0.29) is 0 Å². The third-order valence-corrected chi connectivity index (χ3v) is 2.66. The third-order valence-electron chi connectivity index (χ3n) is 2.66. The Morgan fingerprint density at radius 3 is 2.79 bits per heavy atom. The summed E-state index contributed by atoms with van der Waals surface area (Å²) in [6.45, 7) is 5.24. The summed E-state index contributed by atoms with van der Waals surface area (Å²) < 4.78 is 0. The fraction of sp³-hybridized carbons (Fsp3) is 0.538. The van der Waals surface area contributed by atoms with E-state index in [4.69, 9.17) is 5.73 Å². The smallest absolute Gasteiger partial charge is 0.00715 e. The van der Waals surface area contributed by atoms with E-state index < -0.39 is 0 Å². The quantitative estimate of drug-likeness (QED) is 0.760. The molecule has 1 aromatic carbocycles. The van der Waals surface area contributed by atoms with Crippen LogP contribution in [0.3, 0.4) is 0 Å². The molecule has 0 aliphatic heterocycles. The van der Waals surface area contributed by atoms with Crippen LogP contribution in [0.5, 0.6) is 0 Å². The molecule has 1 nitrogen and oxygen atoms in total. The normalized spacial score (nSPS) is 12.8. The molecule has 0 amide bonds. The molecule has 0 saturated carbocycles. The minimum Gasteiger partial charge on any atom is -0.330 e. The molecular formula is C13H21N. The van der Waals surface area contributed by atoms with Gasteiger partial charge in [0.25, 0.3) is 0 Å². The molecule has 78 valence electrons. The molecule has 1 rings (SSSR count). The summed E-state index contributed by atoms with van der Waals surface area (Å²) in [4.78, 5) is 0. The Kier molecular flexibility index (Phi) is 4.68. The number of rotatable bonds is 5. The van der Waals surface area contributed by atoms with Crippen molar-refractivity contribution in [2.75, 3.05) is 6.54 Å². The lowest BCUT2D eigenvalue weighted by atomic mass is 9.95. The molecule has 1 aromatic rings. The van der Waals surface area contributed by atoms with Crippen molar-refractivity contribution in [3.63, 3.8) is 0 Å². The fourth-order valence-corrected chi connectivity index (χ4v) is 1.76. The first-order chi connectivity index (χ1) is 6.77. The van der Waals surface area contributed by atoms with Gasteiger partial charge in [0, 0.05) is 0 Å². The summed E-state index contributed by atoms with van der Waals surface area (Å²) in [7, 11) is 0. The van der Waals surface area contributed by atoms with E-state index in [2.05, 4.69) is 38.1 Å². The second-order valence-electron chi connectivity index (χ2n) is 3.97. The standard InChI is InChI=1S/C13H21N/c1-3-5-12-6-4-7-13(10-12)11(2)8-9-14/h4,6-7,10-11H,3,5,8-9,14H2,1-2H3. The highest BCUT2D eigenvalue weighted by Crippen LogP contribution is 2.19. The van der Waals surface area contributed by atoms with Crippen molar-refractivity contribution < 1.29 is 0 Å². The van der Waals surface area contributed by atoms with Crippen molar-refractivity contribution in [3.05, 3.63) is 35.4 Å². The minimum absolute atomic E-state index is 0.594. The first-order valence-corrected chi connectivity index (χ1v) is 5.56. The molecule has 0 saturated heterocycles. The topological polar surface area (TPSA) is 26.0 Å². The van der Waals surface area contributed by atoms with Crippen LogP contribution in [0.25, 0.3) is 0 Å². The van der Waals surface area contributed by atoms with Gasteiger partial charge in [0.1, 0.15) is 0 Å². The summed E-state index contributed by atoms with van der Waals surface area (Å²) in [5, 5.41) is 0. The van der Waals surface area contributed by atoms with Crippen LogP contribution >= 0.6 is 0 Å². The molecule has 0 aliphatic rings. The zero-order valence-corrected chi connectivity index (χ0v) is 9.29. The highest BCUT2D eigenvalue weighted by atomic mass is 14.5. The summed E-state index contributed by atoms with van der Waals surface area (Å²) in [5.41, 5.74) is 8.45. The van der Waals surface area contributed by atoms with Crippen molar-refractivity contribution in [1.29, 1.82) is 0 Å². The molecule has 1 atom stereocenters. The maximum absolute atomic E-state index is 5.56. The number of hydrogen-bond acceptors (Lipinski definition) is 1. The lowest BCUT2D eigenvalue weighted by Gasteiger charge is -2.11. The molecule has 2 N–H and O–H groups in total. The molecule has 0 heterocycles. The van der Waals surface area contributed by atoms with Gasteiger partial charge in [-0.2, -0.15) is 0 Å². The van der Waals surface area contributed by atoms with Crippen LogP contribution in [0, 0.1) is 0 Å². The zero-order valence-electron chi connectivity index (χ0n) is 9.29. The summed E-state index contributed by atoms with van der Waals surface area (Å²) >= 11 is 0. The van der Waals surface area contributed by atoms with E-state index in [1.165, 1.54) is 24.0 Å². The lowest BCUT2D eigenvalue weighted by Crippen LogP contribution is -2.04. The van der Waals surface area contributed by atoms with Gasteiger partial charge in [-0.3, -0.25) is 0 Å². The number of benzene rings is 1. The second-order valence-corrected chi connectivity index (χ2v) is 3.97. The van der Waals surface area contributed by atoms with Crippen LogP contribution in [-0.2, 0) is 6.42 Å². The molecule has 0 bridgehead atoms. The average Bonchev–Trinajstić information content (AvgIpc) is 2.19. The monoisotopic (exact) mass is 191 g/mol. The number of nitrogens with two attached hydrogens (primary N) is 1. The van der Waals surface area contributed by atoms with Crippen LogP contribution in [-0.4, -0.2) is 6.54 Å². The van der Waals surface area contributed by atoms with Gasteiger partial charge in [0.15, 0.2) is 0 Å². The van der Waals surface area contributed by atoms with Gasteiger partial charge < -0.3 is 5.73 Å². The molecular weight excluding hydrogens is 170 g/mol. The Bertz CT molecular complexity index is 268. The Morgan fingerprint density at radius 2 is 2.14 bits per heavy atom. The molecule has 0 aromatic heterocycles. The van der Waals surface area contributed by atoms with E-state index in [0.29, 0.717) is 5.92 Å². The summed E-state index contributed by atoms with van der Waals surface area (Å²) in [6.07, 6.45) is 3.48. The van der Waals surface area contributed by atoms with Crippen molar-refractivity contribution in [3.8, 4) is 0 Å². The molecule has 1 unspecified atom stereocenters. The highest BCUT2D eigenvalue weighted by Gasteiger charge is 2.04. The van der Waals surface area contributed by atoms with Crippen LogP contribution in [0.15, 0.2) is 24.3 Å². The van der Waals surface area contributed by atoms with Crippen molar-refractivity contribution >= 4 is 0 Å². The Morgan fingerprint density at radius 1 is 1.36 bits per heavy atom. The third kappa shape index (κ3) is 3.15. The molecule has 1 heteroatoms. The van der Waals surface area contributed by atoms with Crippen molar-refractivity contribution in [2.45, 2.75) is 39.0 Å². The SMILES string of the molecule is CCCc1cccc(C(C)CCN)c1. The molecule has 0 radical (unpaired) electrons. The van der Waals surface area contributed by atoms with Gasteiger partial charge in [0.05, 0.1) is 0 Å². The Hall–Kier alpha value is -0.820. The fourth-order valence-electron chi connectivity index (χ4n) is 1.76. The maximum atomic E-state index is 5.56. The molecule has 0 spiro atoms. The van der Waals surface area contributed by atoms with Crippen molar-refractivity contribution in [2.24, 2.45) is 5.73 Å². The molecule has 0 fully saturated rings. The number of aryl methyl sites for hydroxylation is 1. The van der Waals surface area contributed by atoms with Gasteiger partial charge in [-0.15, -0.1) is 0 Å². The van der Waals surface area contributed by atoms with E-state index in [9.17, 15) is 0 Å². The molecule has 14 heavy (non-hydrogen) atoms. The minimum atomic E-state index is 0.594. The molecule has 0 aliphatic carbocycles. The first kappa shape index (κ1) is 11.3. The second kappa shape index (κ2) is 5.82. The summed E-state index contributed by atoms with van der Waals surface area (Å²) in [6, 6.07) is 8.90. The van der Waals surface area contributed by atoms with Crippen LogP contribution in [0.2, 0.25) is 0 Å². The van der Waals surface area contributed by atoms with E-state index in [0.717, 1.165) is 13.0 Å². The van der Waals surface area contributed by atoms with Crippen LogP contribution in [0.4, 0.5) is 0 Å². The van der Waals surface area contributed by atoms with Gasteiger partial charge in [-0.1, -0.05) is 44.5 Å². The van der Waals surface area contributed by atoms with E-state index >= 15 is 0 Å². The van der Waals surface area contributed by atoms with Crippen LogP contribution < -0.4 is 5.73 Å². The Balaban J connectivity index is 2.71. The maximum Gasteiger partial charge on any atom is -0.00715 e. The Labute approximate surface area is 87.3 Å².